The monoisotopic (exact) mass is 279 g/mol. The van der Waals surface area contributed by atoms with Crippen molar-refractivity contribution in [1.29, 1.82) is 0 Å². The van der Waals surface area contributed by atoms with Gasteiger partial charge in [0.1, 0.15) is 11.9 Å². The van der Waals surface area contributed by atoms with Crippen LogP contribution >= 0.6 is 0 Å². The molecular formula is C14H18FN3O2. The van der Waals surface area contributed by atoms with E-state index >= 15 is 0 Å². The van der Waals surface area contributed by atoms with Crippen LogP contribution in [0.1, 0.15) is 12.8 Å². The Morgan fingerprint density at radius 1 is 1.45 bits per heavy atom. The predicted octanol–water partition coefficient (Wildman–Crippen LogP) is 0.892. The lowest BCUT2D eigenvalue weighted by molar-refractivity contribution is -0.124. The van der Waals surface area contributed by atoms with Crippen molar-refractivity contribution in [2.24, 2.45) is 0 Å². The Morgan fingerprint density at radius 2 is 2.25 bits per heavy atom. The van der Waals surface area contributed by atoms with Gasteiger partial charge in [0.15, 0.2) is 0 Å². The SMILES string of the molecule is Nc1ccc(N2CCOCC2C(=O)NC2CC2)c(F)c1. The van der Waals surface area contributed by atoms with E-state index in [2.05, 4.69) is 5.32 Å². The molecule has 20 heavy (non-hydrogen) atoms. The minimum absolute atomic E-state index is 0.0941. The highest BCUT2D eigenvalue weighted by atomic mass is 19.1. The van der Waals surface area contributed by atoms with Crippen LogP contribution in [0.4, 0.5) is 15.8 Å². The zero-order chi connectivity index (χ0) is 14.1. The molecule has 0 aromatic heterocycles. The van der Waals surface area contributed by atoms with Gasteiger partial charge in [-0.05, 0) is 31.0 Å². The number of hydrogen-bond acceptors (Lipinski definition) is 4. The molecule has 1 saturated carbocycles. The van der Waals surface area contributed by atoms with E-state index in [4.69, 9.17) is 10.5 Å². The summed E-state index contributed by atoms with van der Waals surface area (Å²) in [5.41, 5.74) is 6.34. The fourth-order valence-electron chi connectivity index (χ4n) is 2.39. The molecule has 0 bridgehead atoms. The molecule has 3 rings (SSSR count). The predicted molar refractivity (Wildman–Crippen MR) is 73.9 cm³/mol. The molecule has 1 aliphatic heterocycles. The van der Waals surface area contributed by atoms with Crippen molar-refractivity contribution >= 4 is 17.3 Å². The summed E-state index contributed by atoms with van der Waals surface area (Å²) in [6.07, 6.45) is 2.05. The first-order chi connectivity index (χ1) is 9.65. The highest BCUT2D eigenvalue weighted by Crippen LogP contribution is 2.26. The number of rotatable bonds is 3. The van der Waals surface area contributed by atoms with E-state index in [1.165, 1.54) is 6.07 Å². The standard InChI is InChI=1S/C14H18FN3O2/c15-11-7-9(16)1-4-12(11)18-5-6-20-8-13(18)14(19)17-10-2-3-10/h1,4,7,10,13H,2-3,5-6,8,16H2,(H,17,19). The highest BCUT2D eigenvalue weighted by molar-refractivity contribution is 5.86. The van der Waals surface area contributed by atoms with Gasteiger partial charge < -0.3 is 20.7 Å². The quantitative estimate of drug-likeness (QED) is 0.806. The Hall–Kier alpha value is -1.82. The van der Waals surface area contributed by atoms with Crippen molar-refractivity contribution in [3.8, 4) is 0 Å². The topological polar surface area (TPSA) is 67.6 Å². The minimum Gasteiger partial charge on any atom is -0.399 e. The number of hydrogen-bond donors (Lipinski definition) is 2. The van der Waals surface area contributed by atoms with Crippen LogP contribution in [-0.4, -0.2) is 37.7 Å². The summed E-state index contributed by atoms with van der Waals surface area (Å²) >= 11 is 0. The molecule has 0 spiro atoms. The van der Waals surface area contributed by atoms with E-state index in [1.807, 2.05) is 0 Å². The summed E-state index contributed by atoms with van der Waals surface area (Å²) in [6, 6.07) is 4.34. The Labute approximate surface area is 116 Å². The maximum Gasteiger partial charge on any atom is 0.245 e. The van der Waals surface area contributed by atoms with E-state index in [-0.39, 0.29) is 18.6 Å². The van der Waals surface area contributed by atoms with Gasteiger partial charge in [-0.1, -0.05) is 0 Å². The van der Waals surface area contributed by atoms with Crippen LogP contribution in [0.5, 0.6) is 0 Å². The van der Waals surface area contributed by atoms with Crippen LogP contribution in [0.25, 0.3) is 0 Å². The third-order valence-corrected chi connectivity index (χ3v) is 3.64. The number of ether oxygens (including phenoxy) is 1. The molecule has 1 atom stereocenters. The van der Waals surface area contributed by atoms with Crippen molar-refractivity contribution in [3.05, 3.63) is 24.0 Å². The van der Waals surface area contributed by atoms with E-state index in [1.54, 1.807) is 17.0 Å². The Bertz CT molecular complexity index is 519. The molecule has 1 aliphatic carbocycles. The first kappa shape index (κ1) is 13.2. The molecule has 2 fully saturated rings. The summed E-state index contributed by atoms with van der Waals surface area (Å²) in [5, 5.41) is 2.95. The number of nitrogens with two attached hydrogens (primary N) is 1. The van der Waals surface area contributed by atoms with Gasteiger partial charge in [0.25, 0.3) is 0 Å². The molecule has 0 radical (unpaired) electrons. The summed E-state index contributed by atoms with van der Waals surface area (Å²) in [6.45, 7) is 1.25. The maximum atomic E-state index is 14.1. The number of benzene rings is 1. The van der Waals surface area contributed by atoms with Crippen LogP contribution in [0, 0.1) is 5.82 Å². The molecule has 1 aromatic carbocycles. The molecule has 5 nitrogen and oxygen atoms in total. The van der Waals surface area contributed by atoms with Crippen molar-refractivity contribution in [3.63, 3.8) is 0 Å². The minimum atomic E-state index is -0.484. The van der Waals surface area contributed by atoms with Gasteiger partial charge in [-0.3, -0.25) is 4.79 Å². The lowest BCUT2D eigenvalue weighted by Gasteiger charge is -2.36. The van der Waals surface area contributed by atoms with Crippen LogP contribution < -0.4 is 16.0 Å². The van der Waals surface area contributed by atoms with Crippen LogP contribution in [0.2, 0.25) is 0 Å². The first-order valence-corrected chi connectivity index (χ1v) is 6.85. The van der Waals surface area contributed by atoms with Crippen molar-refractivity contribution in [2.75, 3.05) is 30.4 Å². The first-order valence-electron chi connectivity index (χ1n) is 6.85. The molecule has 1 aromatic rings. The largest absolute Gasteiger partial charge is 0.399 e. The van der Waals surface area contributed by atoms with Gasteiger partial charge in [0.2, 0.25) is 5.91 Å². The Kier molecular flexibility index (Phi) is 3.48. The maximum absolute atomic E-state index is 14.1. The molecule has 1 amide bonds. The summed E-state index contributed by atoms with van der Waals surface area (Å²) in [5.74, 6) is -0.500. The number of halogens is 1. The zero-order valence-electron chi connectivity index (χ0n) is 11.1. The molecule has 6 heteroatoms. The van der Waals surface area contributed by atoms with Crippen molar-refractivity contribution in [2.45, 2.75) is 24.9 Å². The van der Waals surface area contributed by atoms with Gasteiger partial charge in [-0.2, -0.15) is 0 Å². The number of nitrogens with zero attached hydrogens (tertiary/aromatic N) is 1. The lowest BCUT2D eigenvalue weighted by Crippen LogP contribution is -2.54. The highest BCUT2D eigenvalue weighted by Gasteiger charge is 2.34. The van der Waals surface area contributed by atoms with Crippen molar-refractivity contribution < 1.29 is 13.9 Å². The molecule has 2 aliphatic rings. The molecular weight excluding hydrogens is 261 g/mol. The average Bonchev–Trinajstić information content (AvgIpc) is 3.23. The molecule has 3 N–H and O–H groups in total. The Balaban J connectivity index is 1.81. The molecule has 1 unspecified atom stereocenters. The van der Waals surface area contributed by atoms with Gasteiger partial charge in [-0.25, -0.2) is 4.39 Å². The summed E-state index contributed by atoms with van der Waals surface area (Å²) < 4.78 is 19.4. The number of carbonyl (C=O) groups excluding carboxylic acids is 1. The number of morpholine rings is 1. The fraction of sp³-hybridized carbons (Fsp3) is 0.500. The summed E-state index contributed by atoms with van der Waals surface area (Å²) in [7, 11) is 0. The second-order valence-corrected chi connectivity index (χ2v) is 5.28. The van der Waals surface area contributed by atoms with Crippen LogP contribution in [-0.2, 0) is 9.53 Å². The number of nitrogens with one attached hydrogen (secondary N) is 1. The second-order valence-electron chi connectivity index (χ2n) is 5.28. The van der Waals surface area contributed by atoms with Gasteiger partial charge in [-0.15, -0.1) is 0 Å². The number of nitrogen functional groups attached to an aromatic ring is 1. The normalized spacial score (nSPS) is 22.6. The third kappa shape index (κ3) is 2.70. The number of anilines is 2. The van der Waals surface area contributed by atoms with Gasteiger partial charge in [0, 0.05) is 18.3 Å². The van der Waals surface area contributed by atoms with Crippen LogP contribution in [0.15, 0.2) is 18.2 Å². The van der Waals surface area contributed by atoms with Gasteiger partial charge in [0.05, 0.1) is 18.9 Å². The number of carbonyl (C=O) groups is 1. The van der Waals surface area contributed by atoms with E-state index < -0.39 is 11.9 Å². The van der Waals surface area contributed by atoms with E-state index in [0.29, 0.717) is 24.5 Å². The van der Waals surface area contributed by atoms with Crippen molar-refractivity contribution in [1.82, 2.24) is 5.32 Å². The molecule has 1 saturated heterocycles. The summed E-state index contributed by atoms with van der Waals surface area (Å²) in [4.78, 5) is 14.0. The smallest absolute Gasteiger partial charge is 0.245 e. The van der Waals surface area contributed by atoms with E-state index in [0.717, 1.165) is 12.8 Å². The average molecular weight is 279 g/mol. The van der Waals surface area contributed by atoms with E-state index in [9.17, 15) is 9.18 Å². The molecule has 108 valence electrons. The fourth-order valence-corrected chi connectivity index (χ4v) is 2.39. The Morgan fingerprint density at radius 3 is 2.95 bits per heavy atom. The molecule has 1 heterocycles. The second kappa shape index (κ2) is 5.28. The van der Waals surface area contributed by atoms with Crippen LogP contribution in [0.3, 0.4) is 0 Å². The number of amides is 1. The van der Waals surface area contributed by atoms with Gasteiger partial charge >= 0.3 is 0 Å². The third-order valence-electron chi connectivity index (χ3n) is 3.64. The zero-order valence-corrected chi connectivity index (χ0v) is 11.1. The lowest BCUT2D eigenvalue weighted by atomic mass is 10.1.